The van der Waals surface area contributed by atoms with Crippen LogP contribution in [0.25, 0.3) is 0 Å². The molecule has 0 bridgehead atoms. The molecule has 0 saturated carbocycles. The van der Waals surface area contributed by atoms with Crippen molar-refractivity contribution < 1.29 is 37.0 Å². The largest absolute Gasteiger partial charge is 0.441 e. The number of hydrogen-bond donors (Lipinski definition) is 2. The van der Waals surface area contributed by atoms with Crippen LogP contribution in [0.5, 0.6) is 0 Å². The molecule has 2 aliphatic rings. The van der Waals surface area contributed by atoms with Gasteiger partial charge in [0.1, 0.15) is 12.2 Å². The summed E-state index contributed by atoms with van der Waals surface area (Å²) in [6.45, 7) is 4.38. The van der Waals surface area contributed by atoms with Gasteiger partial charge in [-0.2, -0.15) is 13.2 Å². The fraction of sp³-hybridized carbons (Fsp3) is 0.417. The number of benzene rings is 2. The van der Waals surface area contributed by atoms with Crippen molar-refractivity contribution in [3.05, 3.63) is 65.2 Å². The number of nitrogens with one attached hydrogen (secondary N) is 2. The number of hydrogen-bond acceptors (Lipinski definition) is 5. The average Bonchev–Trinajstić information content (AvgIpc) is 3.37. The first-order chi connectivity index (χ1) is 16.1. The van der Waals surface area contributed by atoms with Crippen LogP contribution >= 0.6 is 0 Å². The fourth-order valence-electron chi connectivity index (χ4n) is 3.99. The lowest BCUT2D eigenvalue weighted by molar-refractivity contribution is -0.137. The van der Waals surface area contributed by atoms with Gasteiger partial charge in [-0.1, -0.05) is 26.0 Å². The minimum atomic E-state index is -4.47. The molecule has 182 valence electrons. The third-order valence-electron chi connectivity index (χ3n) is 5.88. The Hall–Kier alpha value is -3.11. The van der Waals surface area contributed by atoms with E-state index < -0.39 is 48.1 Å². The maximum absolute atomic E-state index is 12.7. The molecule has 2 fully saturated rings. The number of carbonyl (C=O) groups is 2. The van der Waals surface area contributed by atoms with E-state index in [1.165, 1.54) is 0 Å². The molecule has 4 atom stereocenters. The summed E-state index contributed by atoms with van der Waals surface area (Å²) in [7, 11) is 0. The highest BCUT2D eigenvalue weighted by Crippen LogP contribution is 2.31. The summed E-state index contributed by atoms with van der Waals surface area (Å²) in [6, 6.07) is 10.9. The van der Waals surface area contributed by atoms with Gasteiger partial charge in [-0.05, 0) is 47.9 Å². The minimum Gasteiger partial charge on any atom is -0.441 e. The SMILES string of the molecule is CC(C)c1ccc(NC(=O)O[C@@H]2CO[C@H]3[C@@H]2OC[C@@H]3NC(=O)c2ccc(C(F)(F)F)cc2)cc1. The third-order valence-corrected chi connectivity index (χ3v) is 5.88. The van der Waals surface area contributed by atoms with E-state index in [1.54, 1.807) is 12.1 Å². The van der Waals surface area contributed by atoms with Crippen molar-refractivity contribution in [2.75, 3.05) is 18.5 Å². The van der Waals surface area contributed by atoms with Gasteiger partial charge in [0.15, 0.2) is 6.10 Å². The Balaban J connectivity index is 1.30. The molecule has 4 rings (SSSR count). The zero-order chi connectivity index (χ0) is 24.5. The molecule has 34 heavy (non-hydrogen) atoms. The van der Waals surface area contributed by atoms with Crippen LogP contribution in [0.1, 0.15) is 41.3 Å². The van der Waals surface area contributed by atoms with E-state index in [0.717, 1.165) is 29.8 Å². The minimum absolute atomic E-state index is 0.0881. The summed E-state index contributed by atoms with van der Waals surface area (Å²) in [5, 5.41) is 5.40. The van der Waals surface area contributed by atoms with Crippen molar-refractivity contribution in [3.63, 3.8) is 0 Å². The quantitative estimate of drug-likeness (QED) is 0.668. The predicted octanol–water partition coefficient (Wildman–Crippen LogP) is 4.34. The lowest BCUT2D eigenvalue weighted by atomic mass is 10.0. The highest BCUT2D eigenvalue weighted by molar-refractivity contribution is 5.94. The van der Waals surface area contributed by atoms with Crippen LogP contribution in [0.3, 0.4) is 0 Å². The predicted molar refractivity (Wildman–Crippen MR) is 117 cm³/mol. The van der Waals surface area contributed by atoms with Crippen molar-refractivity contribution in [2.24, 2.45) is 0 Å². The highest BCUT2D eigenvalue weighted by Gasteiger charge is 2.50. The van der Waals surface area contributed by atoms with E-state index in [9.17, 15) is 22.8 Å². The molecule has 2 aromatic rings. The van der Waals surface area contributed by atoms with Crippen molar-refractivity contribution in [2.45, 2.75) is 50.3 Å². The molecule has 2 amide bonds. The Labute approximate surface area is 194 Å². The Morgan fingerprint density at radius 3 is 2.24 bits per heavy atom. The van der Waals surface area contributed by atoms with E-state index in [-0.39, 0.29) is 18.8 Å². The Kier molecular flexibility index (Phi) is 6.81. The van der Waals surface area contributed by atoms with Gasteiger partial charge in [0, 0.05) is 11.3 Å². The summed E-state index contributed by atoms with van der Waals surface area (Å²) in [6.07, 6.45) is -6.88. The molecule has 2 N–H and O–H groups in total. The Morgan fingerprint density at radius 2 is 1.62 bits per heavy atom. The van der Waals surface area contributed by atoms with Gasteiger partial charge in [0.25, 0.3) is 5.91 Å². The maximum atomic E-state index is 12.7. The first kappa shape index (κ1) is 24.0. The van der Waals surface area contributed by atoms with Crippen molar-refractivity contribution in [1.82, 2.24) is 5.32 Å². The van der Waals surface area contributed by atoms with E-state index in [2.05, 4.69) is 24.5 Å². The van der Waals surface area contributed by atoms with Crippen LogP contribution in [0, 0.1) is 0 Å². The topological polar surface area (TPSA) is 85.9 Å². The van der Waals surface area contributed by atoms with Crippen LogP contribution < -0.4 is 10.6 Å². The number of carbonyl (C=O) groups excluding carboxylic acids is 2. The van der Waals surface area contributed by atoms with Crippen LogP contribution in [0.4, 0.5) is 23.7 Å². The molecule has 0 spiro atoms. The summed E-state index contributed by atoms with van der Waals surface area (Å²) in [5.74, 6) is -0.167. The second kappa shape index (κ2) is 9.63. The smallest absolute Gasteiger partial charge is 0.416 e. The van der Waals surface area contributed by atoms with Crippen molar-refractivity contribution in [1.29, 1.82) is 0 Å². The number of anilines is 1. The molecule has 0 unspecified atom stereocenters. The molecule has 2 aliphatic heterocycles. The monoisotopic (exact) mass is 478 g/mol. The highest BCUT2D eigenvalue weighted by atomic mass is 19.4. The summed E-state index contributed by atoms with van der Waals surface area (Å²) < 4.78 is 55.0. The lowest BCUT2D eigenvalue weighted by Gasteiger charge is -2.18. The first-order valence-corrected chi connectivity index (χ1v) is 10.9. The van der Waals surface area contributed by atoms with Crippen LogP contribution in [0.15, 0.2) is 48.5 Å². The van der Waals surface area contributed by atoms with Gasteiger partial charge in [0.2, 0.25) is 0 Å². The van der Waals surface area contributed by atoms with Gasteiger partial charge in [-0.3, -0.25) is 10.1 Å². The van der Waals surface area contributed by atoms with E-state index in [4.69, 9.17) is 14.2 Å². The summed E-state index contributed by atoms with van der Waals surface area (Å²) in [4.78, 5) is 24.8. The summed E-state index contributed by atoms with van der Waals surface area (Å²) in [5.41, 5.74) is 1.00. The standard InChI is InChI=1S/C24H25F3N2O5/c1-13(2)14-5-9-17(10-6-14)28-23(31)34-19-12-33-20-18(11-32-21(19)20)29-22(30)15-3-7-16(8-4-15)24(25,26)27/h3-10,13,18-21H,11-12H2,1-2H3,(H,28,31)(H,29,30)/t18-,19+,20+,21+/m0/s1. The van der Waals surface area contributed by atoms with Crippen LogP contribution in [0.2, 0.25) is 0 Å². The zero-order valence-corrected chi connectivity index (χ0v) is 18.6. The van der Waals surface area contributed by atoms with Crippen molar-refractivity contribution >= 4 is 17.7 Å². The van der Waals surface area contributed by atoms with E-state index in [0.29, 0.717) is 11.6 Å². The maximum Gasteiger partial charge on any atom is 0.416 e. The number of rotatable bonds is 5. The lowest BCUT2D eigenvalue weighted by Crippen LogP contribution is -2.44. The molecule has 7 nitrogen and oxygen atoms in total. The van der Waals surface area contributed by atoms with Crippen molar-refractivity contribution in [3.8, 4) is 0 Å². The normalized spacial score (nSPS) is 24.1. The van der Waals surface area contributed by atoms with Gasteiger partial charge in [0.05, 0.1) is 24.8 Å². The molecule has 2 aromatic carbocycles. The molecule has 2 saturated heterocycles. The van der Waals surface area contributed by atoms with Crippen LogP contribution in [-0.4, -0.2) is 49.6 Å². The molecule has 10 heteroatoms. The number of amides is 2. The molecule has 2 heterocycles. The molecular weight excluding hydrogens is 453 g/mol. The van der Waals surface area contributed by atoms with Gasteiger partial charge < -0.3 is 19.5 Å². The molecule has 0 aliphatic carbocycles. The summed E-state index contributed by atoms with van der Waals surface area (Å²) >= 11 is 0. The number of halogens is 3. The molecule has 0 aromatic heterocycles. The first-order valence-electron chi connectivity index (χ1n) is 10.9. The molecule has 0 radical (unpaired) electrons. The van der Waals surface area contributed by atoms with E-state index >= 15 is 0 Å². The van der Waals surface area contributed by atoms with Gasteiger partial charge in [-0.25, -0.2) is 4.79 Å². The number of alkyl halides is 3. The Morgan fingerprint density at radius 1 is 0.971 bits per heavy atom. The van der Waals surface area contributed by atoms with Gasteiger partial charge >= 0.3 is 12.3 Å². The second-order valence-electron chi connectivity index (χ2n) is 8.60. The fourth-order valence-corrected chi connectivity index (χ4v) is 3.99. The molecular formula is C24H25F3N2O5. The van der Waals surface area contributed by atoms with E-state index in [1.807, 2.05) is 12.1 Å². The second-order valence-corrected chi connectivity index (χ2v) is 8.60. The van der Waals surface area contributed by atoms with Gasteiger partial charge in [-0.15, -0.1) is 0 Å². The number of ether oxygens (including phenoxy) is 3. The third kappa shape index (κ3) is 5.34. The number of fused-ring (bicyclic) bond motifs is 1. The zero-order valence-electron chi connectivity index (χ0n) is 18.6. The average molecular weight is 478 g/mol. The van der Waals surface area contributed by atoms with Crippen LogP contribution in [-0.2, 0) is 20.4 Å². The Bertz CT molecular complexity index is 1020.